The molecule has 3 rings (SSSR count). The molecule has 0 saturated carbocycles. The van der Waals surface area contributed by atoms with Crippen molar-refractivity contribution in [3.05, 3.63) is 58.8 Å². The summed E-state index contributed by atoms with van der Waals surface area (Å²) in [4.78, 5) is 6.62. The van der Waals surface area contributed by atoms with Crippen LogP contribution in [-0.4, -0.2) is 33.3 Å². The fraction of sp³-hybridized carbons (Fsp3) is 0.250. The molecule has 3 aromatic rings. The first-order valence-corrected chi connectivity index (χ1v) is 7.88. The molecule has 22 heavy (non-hydrogen) atoms. The van der Waals surface area contributed by atoms with Gasteiger partial charge in [-0.2, -0.15) is 5.10 Å². The SMILES string of the molecule is CN(CCC(O)c1ccccc1)c1ccn2ncc(Br)c2n1. The second-order valence-electron chi connectivity index (χ2n) is 5.18. The summed E-state index contributed by atoms with van der Waals surface area (Å²) >= 11 is 3.44. The van der Waals surface area contributed by atoms with Crippen LogP contribution in [0.3, 0.4) is 0 Å². The van der Waals surface area contributed by atoms with Gasteiger partial charge in [-0.1, -0.05) is 30.3 Å². The molecule has 6 heteroatoms. The van der Waals surface area contributed by atoms with E-state index in [1.165, 1.54) is 0 Å². The Kier molecular flexibility index (Phi) is 4.40. The molecule has 1 N–H and O–H groups in total. The van der Waals surface area contributed by atoms with Crippen LogP contribution in [0, 0.1) is 0 Å². The molecule has 0 fully saturated rings. The number of rotatable bonds is 5. The molecule has 0 amide bonds. The van der Waals surface area contributed by atoms with Crippen LogP contribution in [-0.2, 0) is 0 Å². The van der Waals surface area contributed by atoms with Crippen molar-refractivity contribution in [3.63, 3.8) is 0 Å². The van der Waals surface area contributed by atoms with Crippen LogP contribution in [0.25, 0.3) is 5.65 Å². The first-order chi connectivity index (χ1) is 10.6. The molecule has 5 nitrogen and oxygen atoms in total. The Morgan fingerprint density at radius 2 is 2.05 bits per heavy atom. The molecule has 0 aliphatic carbocycles. The lowest BCUT2D eigenvalue weighted by molar-refractivity contribution is 0.170. The lowest BCUT2D eigenvalue weighted by atomic mass is 10.1. The summed E-state index contributed by atoms with van der Waals surface area (Å²) in [6.45, 7) is 0.713. The van der Waals surface area contributed by atoms with Gasteiger partial charge in [0.15, 0.2) is 5.65 Å². The summed E-state index contributed by atoms with van der Waals surface area (Å²) in [6, 6.07) is 11.6. The summed E-state index contributed by atoms with van der Waals surface area (Å²) < 4.78 is 2.59. The molecule has 1 aromatic carbocycles. The third-order valence-electron chi connectivity index (χ3n) is 3.62. The zero-order valence-electron chi connectivity index (χ0n) is 12.2. The minimum absolute atomic E-state index is 0.464. The van der Waals surface area contributed by atoms with Gasteiger partial charge in [-0.05, 0) is 34.0 Å². The minimum Gasteiger partial charge on any atom is -0.388 e. The summed E-state index contributed by atoms with van der Waals surface area (Å²) in [7, 11) is 1.97. The average Bonchev–Trinajstić information content (AvgIpc) is 2.94. The third-order valence-corrected chi connectivity index (χ3v) is 4.18. The van der Waals surface area contributed by atoms with E-state index in [9.17, 15) is 5.11 Å². The van der Waals surface area contributed by atoms with Crippen LogP contribution in [0.1, 0.15) is 18.1 Å². The number of aromatic nitrogens is 3. The summed E-state index contributed by atoms with van der Waals surface area (Å²) in [5.74, 6) is 0.856. The van der Waals surface area contributed by atoms with Crippen LogP contribution < -0.4 is 4.90 Å². The van der Waals surface area contributed by atoms with Crippen LogP contribution >= 0.6 is 15.9 Å². The second kappa shape index (κ2) is 6.46. The van der Waals surface area contributed by atoms with Gasteiger partial charge in [0.05, 0.1) is 16.8 Å². The standard InChI is InChI=1S/C16H17BrN4O/c1-20(9-7-14(22)12-5-3-2-4-6-12)15-8-10-21-16(19-15)13(17)11-18-21/h2-6,8,10-11,14,22H,7,9H2,1H3. The highest BCUT2D eigenvalue weighted by Crippen LogP contribution is 2.20. The summed E-state index contributed by atoms with van der Waals surface area (Å²) in [5.41, 5.74) is 1.73. The van der Waals surface area contributed by atoms with Gasteiger partial charge in [0.2, 0.25) is 0 Å². The number of aliphatic hydroxyl groups excluding tert-OH is 1. The fourth-order valence-electron chi connectivity index (χ4n) is 2.32. The van der Waals surface area contributed by atoms with Crippen molar-refractivity contribution in [1.82, 2.24) is 14.6 Å². The van der Waals surface area contributed by atoms with Crippen molar-refractivity contribution in [2.24, 2.45) is 0 Å². The second-order valence-corrected chi connectivity index (χ2v) is 6.04. The van der Waals surface area contributed by atoms with Gasteiger partial charge in [-0.25, -0.2) is 9.50 Å². The number of fused-ring (bicyclic) bond motifs is 1. The fourth-order valence-corrected chi connectivity index (χ4v) is 2.68. The van der Waals surface area contributed by atoms with Crippen molar-refractivity contribution in [2.45, 2.75) is 12.5 Å². The largest absolute Gasteiger partial charge is 0.388 e. The predicted molar refractivity (Wildman–Crippen MR) is 90.0 cm³/mol. The molecule has 2 heterocycles. The van der Waals surface area contributed by atoms with Gasteiger partial charge in [-0.3, -0.25) is 0 Å². The number of halogens is 1. The lowest BCUT2D eigenvalue weighted by Crippen LogP contribution is -2.21. The topological polar surface area (TPSA) is 53.7 Å². The smallest absolute Gasteiger partial charge is 0.171 e. The maximum absolute atomic E-state index is 10.2. The molecule has 0 aliphatic rings. The van der Waals surface area contributed by atoms with Gasteiger partial charge < -0.3 is 10.0 Å². The average molecular weight is 361 g/mol. The van der Waals surface area contributed by atoms with Crippen LogP contribution in [0.4, 0.5) is 5.82 Å². The molecular weight excluding hydrogens is 344 g/mol. The van der Waals surface area contributed by atoms with Gasteiger partial charge >= 0.3 is 0 Å². The maximum Gasteiger partial charge on any atom is 0.171 e. The monoisotopic (exact) mass is 360 g/mol. The highest BCUT2D eigenvalue weighted by atomic mass is 79.9. The number of hydrogen-bond donors (Lipinski definition) is 1. The molecule has 1 unspecified atom stereocenters. The number of nitrogens with zero attached hydrogens (tertiary/aromatic N) is 4. The zero-order valence-corrected chi connectivity index (χ0v) is 13.8. The van der Waals surface area contributed by atoms with Gasteiger partial charge in [0, 0.05) is 19.8 Å². The van der Waals surface area contributed by atoms with E-state index in [1.807, 2.05) is 54.5 Å². The first kappa shape index (κ1) is 15.0. The van der Waals surface area contributed by atoms with Crippen molar-refractivity contribution in [3.8, 4) is 0 Å². The Labute approximate surface area is 137 Å². The van der Waals surface area contributed by atoms with Crippen LogP contribution in [0.5, 0.6) is 0 Å². The van der Waals surface area contributed by atoms with E-state index in [1.54, 1.807) is 10.7 Å². The Morgan fingerprint density at radius 1 is 1.27 bits per heavy atom. The minimum atomic E-state index is -0.464. The van der Waals surface area contributed by atoms with E-state index in [2.05, 4.69) is 26.0 Å². The molecule has 2 aromatic heterocycles. The Morgan fingerprint density at radius 3 is 2.82 bits per heavy atom. The number of aliphatic hydroxyl groups is 1. The Hall–Kier alpha value is -1.92. The summed E-state index contributed by atoms with van der Waals surface area (Å²) in [5, 5.41) is 14.4. The van der Waals surface area contributed by atoms with Crippen molar-refractivity contribution in [2.75, 3.05) is 18.5 Å². The number of hydrogen-bond acceptors (Lipinski definition) is 4. The van der Waals surface area contributed by atoms with Crippen LogP contribution in [0.15, 0.2) is 53.3 Å². The molecule has 114 valence electrons. The molecular formula is C16H17BrN4O. The van der Waals surface area contributed by atoms with E-state index in [0.717, 1.165) is 21.5 Å². The molecule has 0 aliphatic heterocycles. The van der Waals surface area contributed by atoms with Crippen LogP contribution in [0.2, 0.25) is 0 Å². The van der Waals surface area contributed by atoms with Gasteiger partial charge in [0.25, 0.3) is 0 Å². The number of anilines is 1. The Balaban J connectivity index is 1.68. The molecule has 0 radical (unpaired) electrons. The lowest BCUT2D eigenvalue weighted by Gasteiger charge is -2.20. The molecule has 0 spiro atoms. The van der Waals surface area contributed by atoms with Crippen molar-refractivity contribution < 1.29 is 5.11 Å². The Bertz CT molecular complexity index is 759. The van der Waals surface area contributed by atoms with Crippen molar-refractivity contribution in [1.29, 1.82) is 0 Å². The molecule has 0 bridgehead atoms. The van der Waals surface area contributed by atoms with Gasteiger partial charge in [0.1, 0.15) is 5.82 Å². The van der Waals surface area contributed by atoms with E-state index in [-0.39, 0.29) is 0 Å². The van der Waals surface area contributed by atoms with E-state index >= 15 is 0 Å². The molecule has 1 atom stereocenters. The first-order valence-electron chi connectivity index (χ1n) is 7.09. The third kappa shape index (κ3) is 3.13. The zero-order chi connectivity index (χ0) is 15.5. The predicted octanol–water partition coefficient (Wildman–Crippen LogP) is 3.05. The molecule has 0 saturated heterocycles. The highest BCUT2D eigenvalue weighted by molar-refractivity contribution is 9.10. The van der Waals surface area contributed by atoms with E-state index in [0.29, 0.717) is 13.0 Å². The van der Waals surface area contributed by atoms with E-state index < -0.39 is 6.10 Å². The van der Waals surface area contributed by atoms with E-state index in [4.69, 9.17) is 0 Å². The maximum atomic E-state index is 10.2. The van der Waals surface area contributed by atoms with Crippen molar-refractivity contribution >= 4 is 27.4 Å². The van der Waals surface area contributed by atoms with Gasteiger partial charge in [-0.15, -0.1) is 0 Å². The quantitative estimate of drug-likeness (QED) is 0.759. The normalized spacial score (nSPS) is 12.5. The number of benzene rings is 1. The highest BCUT2D eigenvalue weighted by Gasteiger charge is 2.11. The summed E-state index contributed by atoms with van der Waals surface area (Å²) in [6.07, 6.45) is 3.79.